The van der Waals surface area contributed by atoms with Crippen LogP contribution in [0.15, 0.2) is 6.20 Å². The monoisotopic (exact) mass is 216 g/mol. The lowest BCUT2D eigenvalue weighted by Gasteiger charge is -2.24. The van der Waals surface area contributed by atoms with Crippen molar-refractivity contribution in [2.24, 2.45) is 0 Å². The summed E-state index contributed by atoms with van der Waals surface area (Å²) in [5.74, 6) is 0.274. The minimum atomic E-state index is -0.144. The van der Waals surface area contributed by atoms with Gasteiger partial charge in [-0.25, -0.2) is 0 Å². The molecule has 0 aliphatic rings. The summed E-state index contributed by atoms with van der Waals surface area (Å²) in [6, 6.07) is 0.109. The molecule has 0 saturated carbocycles. The first-order valence-corrected chi connectivity index (χ1v) is 4.93. The molecule has 0 aliphatic carbocycles. The molecule has 0 saturated heterocycles. The van der Waals surface area contributed by atoms with Crippen LogP contribution in [-0.4, -0.2) is 44.7 Å². The number of carbonyl (C=O) groups excluding carboxylic acids is 1. The Hall–Kier alpha value is -1.10. The average molecular weight is 217 g/mol. The third-order valence-corrected chi connectivity index (χ3v) is 2.01. The number of hydrogen-bond donors (Lipinski definition) is 1. The number of carbonyl (C=O) groups is 1. The normalized spacial score (nSPS) is 10.6. The second-order valence-corrected chi connectivity index (χ2v) is 3.51. The molecule has 0 atom stereocenters. The van der Waals surface area contributed by atoms with E-state index in [-0.39, 0.29) is 11.9 Å². The molecule has 0 fully saturated rings. The third kappa shape index (κ3) is 2.45. The first-order chi connectivity index (χ1) is 6.66. The lowest BCUT2D eigenvalue weighted by molar-refractivity contribution is 0.0712. The molecule has 6 heteroatoms. The number of aromatic nitrogens is 3. The summed E-state index contributed by atoms with van der Waals surface area (Å²) in [6.07, 6.45) is 1.41. The van der Waals surface area contributed by atoms with E-state index < -0.39 is 0 Å². The van der Waals surface area contributed by atoms with Gasteiger partial charge in [0, 0.05) is 18.5 Å². The van der Waals surface area contributed by atoms with E-state index in [4.69, 9.17) is 11.6 Å². The minimum Gasteiger partial charge on any atom is -0.334 e. The summed E-state index contributed by atoms with van der Waals surface area (Å²) in [6.45, 7) is 4.39. The second kappa shape index (κ2) is 4.95. The van der Waals surface area contributed by atoms with Crippen molar-refractivity contribution >= 4 is 17.5 Å². The van der Waals surface area contributed by atoms with E-state index in [0.29, 0.717) is 18.1 Å². The molecule has 0 unspecified atom stereocenters. The van der Waals surface area contributed by atoms with Crippen LogP contribution in [0.1, 0.15) is 24.3 Å². The van der Waals surface area contributed by atoms with E-state index in [9.17, 15) is 4.79 Å². The van der Waals surface area contributed by atoms with Gasteiger partial charge in [-0.1, -0.05) is 0 Å². The topological polar surface area (TPSA) is 61.9 Å². The van der Waals surface area contributed by atoms with Gasteiger partial charge in [0.2, 0.25) is 0 Å². The van der Waals surface area contributed by atoms with E-state index in [1.165, 1.54) is 6.20 Å². The Kier molecular flexibility index (Phi) is 3.88. The fourth-order valence-corrected chi connectivity index (χ4v) is 1.32. The number of halogens is 1. The van der Waals surface area contributed by atoms with Gasteiger partial charge in [0.05, 0.1) is 6.20 Å². The van der Waals surface area contributed by atoms with Crippen LogP contribution in [0, 0.1) is 0 Å². The molecule has 1 N–H and O–H groups in total. The van der Waals surface area contributed by atoms with Crippen LogP contribution < -0.4 is 0 Å². The second-order valence-electron chi connectivity index (χ2n) is 3.14. The predicted octanol–water partition coefficient (Wildman–Crippen LogP) is 0.894. The number of alkyl halides is 1. The molecule has 1 aromatic heterocycles. The first kappa shape index (κ1) is 11.0. The van der Waals surface area contributed by atoms with Crippen LogP contribution in [-0.2, 0) is 0 Å². The zero-order valence-corrected chi connectivity index (χ0v) is 8.95. The summed E-state index contributed by atoms with van der Waals surface area (Å²) in [7, 11) is 0. The number of hydrogen-bond acceptors (Lipinski definition) is 3. The van der Waals surface area contributed by atoms with Crippen molar-refractivity contribution in [1.82, 2.24) is 20.3 Å². The number of aromatic amines is 1. The number of nitrogens with one attached hydrogen (secondary N) is 1. The summed E-state index contributed by atoms with van der Waals surface area (Å²) in [5, 5.41) is 9.73. The first-order valence-electron chi connectivity index (χ1n) is 4.39. The highest BCUT2D eigenvalue weighted by Gasteiger charge is 2.19. The fourth-order valence-electron chi connectivity index (χ4n) is 1.14. The lowest BCUT2D eigenvalue weighted by atomic mass is 10.3. The van der Waals surface area contributed by atoms with Crippen molar-refractivity contribution < 1.29 is 4.79 Å². The highest BCUT2D eigenvalue weighted by molar-refractivity contribution is 6.18. The highest BCUT2D eigenvalue weighted by atomic mass is 35.5. The van der Waals surface area contributed by atoms with Crippen LogP contribution in [0.5, 0.6) is 0 Å². The number of nitrogens with zero attached hydrogens (tertiary/aromatic N) is 3. The maximum absolute atomic E-state index is 11.8. The summed E-state index contributed by atoms with van der Waals surface area (Å²) in [4.78, 5) is 13.4. The van der Waals surface area contributed by atoms with E-state index >= 15 is 0 Å². The number of H-pyrrole nitrogens is 1. The predicted molar refractivity (Wildman–Crippen MR) is 53.3 cm³/mol. The van der Waals surface area contributed by atoms with Gasteiger partial charge in [-0.2, -0.15) is 15.4 Å². The molecular formula is C8H13ClN4O. The highest BCUT2D eigenvalue weighted by Crippen LogP contribution is 2.04. The Balaban J connectivity index is 2.74. The Morgan fingerprint density at radius 2 is 2.43 bits per heavy atom. The molecule has 0 bridgehead atoms. The van der Waals surface area contributed by atoms with Crippen LogP contribution >= 0.6 is 11.6 Å². The number of amides is 1. The van der Waals surface area contributed by atoms with Crippen molar-refractivity contribution in [3.05, 3.63) is 11.9 Å². The molecular weight excluding hydrogens is 204 g/mol. The van der Waals surface area contributed by atoms with Crippen LogP contribution in [0.2, 0.25) is 0 Å². The van der Waals surface area contributed by atoms with Gasteiger partial charge in [-0.3, -0.25) is 4.79 Å². The number of rotatable bonds is 4. The van der Waals surface area contributed by atoms with Gasteiger partial charge in [-0.05, 0) is 13.8 Å². The third-order valence-electron chi connectivity index (χ3n) is 1.84. The SMILES string of the molecule is CC(C)N(CCCl)C(=O)c1cn[nH]n1. The maximum atomic E-state index is 11.8. The summed E-state index contributed by atoms with van der Waals surface area (Å²) >= 11 is 5.61. The van der Waals surface area contributed by atoms with Crippen molar-refractivity contribution in [1.29, 1.82) is 0 Å². The smallest absolute Gasteiger partial charge is 0.276 e. The molecule has 1 amide bonds. The zero-order valence-electron chi connectivity index (χ0n) is 8.20. The standard InChI is InChI=1S/C8H13ClN4O/c1-6(2)13(4-3-9)8(14)7-5-10-12-11-7/h5-6H,3-4H2,1-2H3,(H,10,11,12). The largest absolute Gasteiger partial charge is 0.334 e. The van der Waals surface area contributed by atoms with Crippen LogP contribution in [0.4, 0.5) is 0 Å². The molecule has 0 aliphatic heterocycles. The van der Waals surface area contributed by atoms with E-state index in [0.717, 1.165) is 0 Å². The molecule has 5 nitrogen and oxygen atoms in total. The van der Waals surface area contributed by atoms with Gasteiger partial charge >= 0.3 is 0 Å². The van der Waals surface area contributed by atoms with Gasteiger partial charge in [0.15, 0.2) is 5.69 Å². The quantitative estimate of drug-likeness (QED) is 0.761. The molecule has 1 heterocycles. The van der Waals surface area contributed by atoms with Crippen molar-refractivity contribution in [3.63, 3.8) is 0 Å². The Bertz CT molecular complexity index is 286. The van der Waals surface area contributed by atoms with Gasteiger partial charge in [0.1, 0.15) is 0 Å². The van der Waals surface area contributed by atoms with E-state index in [2.05, 4.69) is 15.4 Å². The molecule has 14 heavy (non-hydrogen) atoms. The van der Waals surface area contributed by atoms with Gasteiger partial charge < -0.3 is 4.90 Å². The zero-order chi connectivity index (χ0) is 10.6. The summed E-state index contributed by atoms with van der Waals surface area (Å²) < 4.78 is 0. The molecule has 0 spiro atoms. The van der Waals surface area contributed by atoms with E-state index in [1.54, 1.807) is 4.90 Å². The van der Waals surface area contributed by atoms with Crippen molar-refractivity contribution in [2.75, 3.05) is 12.4 Å². The molecule has 1 rings (SSSR count). The Labute approximate surface area is 87.4 Å². The fraction of sp³-hybridized carbons (Fsp3) is 0.625. The maximum Gasteiger partial charge on any atom is 0.276 e. The lowest BCUT2D eigenvalue weighted by Crippen LogP contribution is -2.38. The Morgan fingerprint density at radius 1 is 1.71 bits per heavy atom. The molecule has 1 aromatic rings. The van der Waals surface area contributed by atoms with Crippen molar-refractivity contribution in [3.8, 4) is 0 Å². The molecule has 78 valence electrons. The van der Waals surface area contributed by atoms with E-state index in [1.807, 2.05) is 13.8 Å². The van der Waals surface area contributed by atoms with Crippen LogP contribution in [0.25, 0.3) is 0 Å². The van der Waals surface area contributed by atoms with Crippen molar-refractivity contribution in [2.45, 2.75) is 19.9 Å². The minimum absolute atomic E-state index is 0.109. The molecule has 0 radical (unpaired) electrons. The van der Waals surface area contributed by atoms with Gasteiger partial charge in [-0.15, -0.1) is 11.6 Å². The van der Waals surface area contributed by atoms with Crippen LogP contribution in [0.3, 0.4) is 0 Å². The average Bonchev–Trinajstić information content (AvgIpc) is 2.65. The Morgan fingerprint density at radius 3 is 2.86 bits per heavy atom. The van der Waals surface area contributed by atoms with Gasteiger partial charge in [0.25, 0.3) is 5.91 Å². The summed E-state index contributed by atoms with van der Waals surface area (Å²) in [5.41, 5.74) is 0.323. The molecule has 0 aromatic carbocycles.